The third-order valence-electron chi connectivity index (χ3n) is 7.83. The smallest absolute Gasteiger partial charge is 0.160 e. The predicted octanol–water partition coefficient (Wildman–Crippen LogP) is 3.87. The minimum Gasteiger partial charge on any atom is -0.504 e. The number of phenolic OH excluding ortho intramolecular Hbond substituents is 2. The van der Waals surface area contributed by atoms with Gasteiger partial charge in [0.05, 0.1) is 46.6 Å². The highest BCUT2D eigenvalue weighted by Gasteiger charge is 2.41. The van der Waals surface area contributed by atoms with Crippen LogP contribution in [0.5, 0.6) is 34.5 Å². The summed E-state index contributed by atoms with van der Waals surface area (Å²) in [7, 11) is 4.57. The van der Waals surface area contributed by atoms with Crippen LogP contribution in [0.3, 0.4) is 0 Å². The molecule has 4 N–H and O–H groups in total. The fourth-order valence-electron chi connectivity index (χ4n) is 5.84. The van der Waals surface area contributed by atoms with Gasteiger partial charge in [-0.25, -0.2) is 0 Å². The van der Waals surface area contributed by atoms with Gasteiger partial charge in [0.1, 0.15) is 17.6 Å². The number of methoxy groups -OCH3 is 3. The Labute approximate surface area is 227 Å². The molecule has 0 amide bonds. The van der Waals surface area contributed by atoms with E-state index in [1.54, 1.807) is 37.4 Å². The lowest BCUT2D eigenvalue weighted by Gasteiger charge is -2.22. The maximum atomic E-state index is 10.3. The van der Waals surface area contributed by atoms with Gasteiger partial charge < -0.3 is 44.1 Å². The lowest BCUT2D eigenvalue weighted by atomic mass is 9.83. The molecule has 9 nitrogen and oxygen atoms in total. The first-order valence-electron chi connectivity index (χ1n) is 12.9. The topological polar surface area (TPSA) is 127 Å². The first kappa shape index (κ1) is 26.9. The molecule has 2 heterocycles. The summed E-state index contributed by atoms with van der Waals surface area (Å²) < 4.78 is 28.6. The molecule has 9 heteroatoms. The Bertz CT molecular complexity index is 1320. The van der Waals surface area contributed by atoms with Gasteiger partial charge in [0.2, 0.25) is 0 Å². The van der Waals surface area contributed by atoms with Crippen molar-refractivity contribution in [3.05, 3.63) is 70.8 Å². The van der Waals surface area contributed by atoms with Crippen molar-refractivity contribution < 1.29 is 44.1 Å². The molecule has 2 aliphatic rings. The van der Waals surface area contributed by atoms with Crippen LogP contribution in [0.4, 0.5) is 0 Å². The van der Waals surface area contributed by atoms with Crippen molar-refractivity contribution in [2.45, 2.75) is 24.5 Å². The van der Waals surface area contributed by atoms with Gasteiger partial charge in [-0.1, -0.05) is 12.1 Å². The van der Waals surface area contributed by atoms with Crippen LogP contribution in [0.2, 0.25) is 0 Å². The number of phenols is 2. The number of hydrogen-bond acceptors (Lipinski definition) is 9. The van der Waals surface area contributed by atoms with Gasteiger partial charge in [-0.05, 0) is 65.4 Å². The molecule has 0 aromatic heterocycles. The Morgan fingerprint density at radius 3 is 2.15 bits per heavy atom. The third kappa shape index (κ3) is 4.93. The molecule has 0 radical (unpaired) electrons. The van der Waals surface area contributed by atoms with Crippen molar-refractivity contribution in [3.63, 3.8) is 0 Å². The maximum absolute atomic E-state index is 10.3. The molecular formula is C30H34O9. The number of fused-ring (bicyclic) bond motifs is 1. The molecule has 3 aromatic carbocycles. The fourth-order valence-corrected chi connectivity index (χ4v) is 5.84. The highest BCUT2D eigenvalue weighted by molar-refractivity contribution is 5.55. The van der Waals surface area contributed by atoms with Crippen molar-refractivity contribution in [3.8, 4) is 34.5 Å². The summed E-state index contributed by atoms with van der Waals surface area (Å²) in [4.78, 5) is 0. The molecule has 5 rings (SSSR count). The lowest BCUT2D eigenvalue weighted by Crippen LogP contribution is -2.21. The predicted molar refractivity (Wildman–Crippen MR) is 142 cm³/mol. The van der Waals surface area contributed by atoms with Crippen LogP contribution in [0, 0.1) is 11.8 Å². The molecule has 0 spiro atoms. The van der Waals surface area contributed by atoms with E-state index >= 15 is 0 Å². The number of rotatable bonds is 9. The second-order valence-corrected chi connectivity index (χ2v) is 9.96. The zero-order chi connectivity index (χ0) is 27.7. The molecule has 5 atom stereocenters. The minimum atomic E-state index is -0.490. The van der Waals surface area contributed by atoms with E-state index in [4.69, 9.17) is 23.7 Å². The lowest BCUT2D eigenvalue weighted by molar-refractivity contribution is 0.0717. The van der Waals surface area contributed by atoms with E-state index in [1.165, 1.54) is 14.2 Å². The second-order valence-electron chi connectivity index (χ2n) is 9.96. The highest BCUT2D eigenvalue weighted by Crippen LogP contribution is 2.52. The zero-order valence-electron chi connectivity index (χ0n) is 22.2. The number of benzene rings is 3. The van der Waals surface area contributed by atoms with Crippen molar-refractivity contribution >= 4 is 0 Å². The van der Waals surface area contributed by atoms with Gasteiger partial charge in [0, 0.05) is 18.1 Å². The number of aromatic hydroxyl groups is 2. The average molecular weight is 539 g/mol. The Kier molecular flexibility index (Phi) is 7.74. The van der Waals surface area contributed by atoms with Gasteiger partial charge in [0.15, 0.2) is 23.0 Å². The molecule has 0 saturated carbocycles. The summed E-state index contributed by atoms with van der Waals surface area (Å²) in [6.07, 6.45) is -0.244. The third-order valence-corrected chi connectivity index (χ3v) is 7.83. The summed E-state index contributed by atoms with van der Waals surface area (Å²) in [5, 5.41) is 40.9. The van der Waals surface area contributed by atoms with Crippen molar-refractivity contribution in [2.75, 3.05) is 41.2 Å². The number of hydrogen-bond donors (Lipinski definition) is 4. The van der Waals surface area contributed by atoms with Crippen LogP contribution in [0.25, 0.3) is 0 Å². The summed E-state index contributed by atoms with van der Waals surface area (Å²) in [5.41, 5.74) is 3.28. The van der Waals surface area contributed by atoms with Crippen LogP contribution in [-0.4, -0.2) is 61.6 Å². The first-order chi connectivity index (χ1) is 18.9. The summed E-state index contributed by atoms with van der Waals surface area (Å²) in [5.74, 6) is 1.46. The zero-order valence-corrected chi connectivity index (χ0v) is 22.2. The Hall–Kier alpha value is -3.66. The summed E-state index contributed by atoms with van der Waals surface area (Å²) in [6.45, 7) is 0.214. The summed E-state index contributed by atoms with van der Waals surface area (Å²) >= 11 is 0. The molecule has 0 bridgehead atoms. The van der Waals surface area contributed by atoms with E-state index in [9.17, 15) is 20.4 Å². The monoisotopic (exact) mass is 538 g/mol. The van der Waals surface area contributed by atoms with Gasteiger partial charge >= 0.3 is 0 Å². The fraction of sp³-hybridized carbons (Fsp3) is 0.400. The Morgan fingerprint density at radius 2 is 1.49 bits per heavy atom. The minimum absolute atomic E-state index is 0.0131. The number of ether oxygens (including phenoxy) is 5. The molecule has 1 saturated heterocycles. The summed E-state index contributed by atoms with van der Waals surface area (Å²) in [6, 6.07) is 14.1. The van der Waals surface area contributed by atoms with Crippen LogP contribution in [0.15, 0.2) is 48.5 Å². The van der Waals surface area contributed by atoms with Gasteiger partial charge in [-0.15, -0.1) is 0 Å². The van der Waals surface area contributed by atoms with Crippen molar-refractivity contribution in [1.82, 2.24) is 0 Å². The molecule has 3 aromatic rings. The normalized spacial score (nSPS) is 23.8. The van der Waals surface area contributed by atoms with Crippen LogP contribution >= 0.6 is 0 Å². The molecule has 0 aliphatic carbocycles. The van der Waals surface area contributed by atoms with E-state index in [-0.39, 0.29) is 48.6 Å². The first-order valence-corrected chi connectivity index (χ1v) is 12.9. The van der Waals surface area contributed by atoms with E-state index in [0.29, 0.717) is 36.0 Å². The van der Waals surface area contributed by atoms with E-state index in [1.807, 2.05) is 18.2 Å². The van der Waals surface area contributed by atoms with Gasteiger partial charge in [0.25, 0.3) is 0 Å². The van der Waals surface area contributed by atoms with Gasteiger partial charge in [-0.2, -0.15) is 0 Å². The quantitative estimate of drug-likeness (QED) is 0.321. The number of aliphatic hydroxyl groups is 2. The standard InChI is InChI=1S/C30H34O9/c1-35-24-7-5-17(11-23(24)34)29-20(13-31)19(15-38-29)8-16-9-26(37-3)28-21(14-32)30(39-27(28)10-16)18-4-6-22(33)25(12-18)36-2/h4-7,9-12,19-21,29-34H,8,13-15H2,1-3H3/t19-,20-,21+,29+,30-/m1/s1. The van der Waals surface area contributed by atoms with Crippen molar-refractivity contribution in [2.24, 2.45) is 11.8 Å². The molecule has 39 heavy (non-hydrogen) atoms. The van der Waals surface area contributed by atoms with Crippen LogP contribution in [0.1, 0.15) is 40.4 Å². The number of aliphatic hydroxyl groups excluding tert-OH is 2. The SMILES string of the molecule is COc1ccc([C@@H]2OC[C@@H](Cc3cc(OC)c4c(c3)O[C@H](c3ccc(O)c(OC)c3)[C@H]4CO)[C@H]2CO)cc1O. The van der Waals surface area contributed by atoms with E-state index < -0.39 is 6.10 Å². The van der Waals surface area contributed by atoms with Crippen molar-refractivity contribution in [1.29, 1.82) is 0 Å². The highest BCUT2D eigenvalue weighted by atomic mass is 16.5. The van der Waals surface area contributed by atoms with Gasteiger partial charge in [-0.3, -0.25) is 0 Å². The molecule has 208 valence electrons. The molecule has 1 fully saturated rings. The Balaban J connectivity index is 1.40. The van der Waals surface area contributed by atoms with Crippen LogP contribution in [-0.2, 0) is 11.2 Å². The van der Waals surface area contributed by atoms with E-state index in [2.05, 4.69) is 0 Å². The average Bonchev–Trinajstić information content (AvgIpc) is 3.53. The molecule has 2 aliphatic heterocycles. The molecule has 0 unspecified atom stereocenters. The second kappa shape index (κ2) is 11.2. The maximum Gasteiger partial charge on any atom is 0.160 e. The Morgan fingerprint density at radius 1 is 0.769 bits per heavy atom. The largest absolute Gasteiger partial charge is 0.504 e. The van der Waals surface area contributed by atoms with Crippen LogP contribution < -0.4 is 18.9 Å². The van der Waals surface area contributed by atoms with E-state index in [0.717, 1.165) is 22.3 Å². The molecular weight excluding hydrogens is 504 g/mol.